The zero-order valence-electron chi connectivity index (χ0n) is 19.0. The number of nitrogens with zero attached hydrogens (tertiary/aromatic N) is 1. The molecule has 0 aliphatic carbocycles. The highest BCUT2D eigenvalue weighted by Gasteiger charge is 2.37. The lowest BCUT2D eigenvalue weighted by molar-refractivity contribution is -0.140. The van der Waals surface area contributed by atoms with Crippen LogP contribution in [0.4, 0.5) is 0 Å². The lowest BCUT2D eigenvalue weighted by Gasteiger charge is -2.32. The number of allylic oxidation sites excluding steroid dienone is 3. The number of carboxylic acids is 1. The van der Waals surface area contributed by atoms with Gasteiger partial charge in [-0.25, -0.2) is 0 Å². The second-order valence-corrected chi connectivity index (χ2v) is 9.56. The lowest BCUT2D eigenvalue weighted by atomic mass is 9.96. The van der Waals surface area contributed by atoms with E-state index in [1.807, 2.05) is 18.2 Å². The topological polar surface area (TPSA) is 90.9 Å². The van der Waals surface area contributed by atoms with Crippen LogP contribution < -0.4 is 15.4 Å². The van der Waals surface area contributed by atoms with Crippen molar-refractivity contribution in [1.29, 1.82) is 0 Å². The normalized spacial score (nSPS) is 24.8. The van der Waals surface area contributed by atoms with E-state index in [-0.39, 0.29) is 24.4 Å². The molecule has 2 saturated heterocycles. The minimum absolute atomic E-state index is 0.0323. The van der Waals surface area contributed by atoms with Crippen LogP contribution in [0, 0.1) is 5.92 Å². The molecule has 176 valence electrons. The Morgan fingerprint density at radius 1 is 1.27 bits per heavy atom. The third kappa shape index (κ3) is 4.78. The van der Waals surface area contributed by atoms with Gasteiger partial charge in [-0.3, -0.25) is 14.9 Å². The second kappa shape index (κ2) is 9.59. The van der Waals surface area contributed by atoms with Crippen LogP contribution in [0.3, 0.4) is 0 Å². The van der Waals surface area contributed by atoms with Crippen LogP contribution in [0.15, 0.2) is 41.6 Å². The number of dihydropyridines is 1. The van der Waals surface area contributed by atoms with Crippen molar-refractivity contribution in [2.75, 3.05) is 19.7 Å². The fourth-order valence-corrected chi connectivity index (χ4v) is 5.58. The Morgan fingerprint density at radius 3 is 3.06 bits per heavy atom. The molecule has 1 aromatic carbocycles. The van der Waals surface area contributed by atoms with Gasteiger partial charge in [0.1, 0.15) is 5.75 Å². The average molecular weight is 452 g/mol. The Balaban J connectivity index is 1.20. The minimum atomic E-state index is -0.892. The molecule has 0 radical (unpaired) electrons. The van der Waals surface area contributed by atoms with E-state index >= 15 is 0 Å². The number of aliphatic carboxylic acids is 1. The van der Waals surface area contributed by atoms with Gasteiger partial charge in [-0.15, -0.1) is 0 Å². The first-order chi connectivity index (χ1) is 16.1. The molecule has 5 rings (SSSR count). The summed E-state index contributed by atoms with van der Waals surface area (Å²) in [6, 6.07) is 5.46. The number of hydrogen-bond donors (Lipinski definition) is 3. The smallest absolute Gasteiger partial charge is 0.305 e. The van der Waals surface area contributed by atoms with Crippen molar-refractivity contribution < 1.29 is 19.4 Å². The van der Waals surface area contributed by atoms with E-state index in [9.17, 15) is 14.7 Å². The Bertz CT molecular complexity index is 986. The van der Waals surface area contributed by atoms with Crippen LogP contribution in [0.5, 0.6) is 5.75 Å². The number of nitrogens with one attached hydrogen (secondary N) is 2. The average Bonchev–Trinajstić information content (AvgIpc) is 3.43. The number of likely N-dealkylation sites (tertiary alicyclic amines) is 1. The fourth-order valence-electron chi connectivity index (χ4n) is 5.58. The number of amides is 1. The van der Waals surface area contributed by atoms with Gasteiger partial charge < -0.3 is 20.1 Å². The fraction of sp³-hybridized carbons (Fsp3) is 0.538. The van der Waals surface area contributed by atoms with E-state index in [0.717, 1.165) is 61.9 Å². The molecule has 7 heteroatoms. The van der Waals surface area contributed by atoms with Gasteiger partial charge in [0.25, 0.3) is 0 Å². The zero-order valence-corrected chi connectivity index (χ0v) is 19.0. The van der Waals surface area contributed by atoms with E-state index in [1.54, 1.807) is 4.90 Å². The number of hydrogen-bond acceptors (Lipinski definition) is 5. The van der Waals surface area contributed by atoms with Gasteiger partial charge in [-0.1, -0.05) is 18.2 Å². The van der Waals surface area contributed by atoms with Gasteiger partial charge in [0.2, 0.25) is 5.91 Å². The molecule has 1 unspecified atom stereocenters. The van der Waals surface area contributed by atoms with Crippen LogP contribution in [0.25, 0.3) is 0 Å². The monoisotopic (exact) mass is 451 g/mol. The number of fused-ring (bicyclic) bond motifs is 2. The number of carbonyl (C=O) groups excluding carboxylic acids is 1. The summed E-state index contributed by atoms with van der Waals surface area (Å²) in [5.41, 5.74) is 4.65. The first-order valence-corrected chi connectivity index (χ1v) is 12.3. The summed E-state index contributed by atoms with van der Waals surface area (Å²) in [5.74, 6) is -0.0137. The molecule has 1 aromatic rings. The lowest BCUT2D eigenvalue weighted by Crippen LogP contribution is -2.47. The Kier molecular flexibility index (Phi) is 6.40. The molecule has 0 spiro atoms. The van der Waals surface area contributed by atoms with Crippen molar-refractivity contribution in [3.63, 3.8) is 0 Å². The summed E-state index contributed by atoms with van der Waals surface area (Å²) in [7, 11) is 0. The van der Waals surface area contributed by atoms with Crippen molar-refractivity contribution in [2.24, 2.45) is 5.92 Å². The standard InChI is InChI=1S/C26H33N3O4/c30-24(31)16-22(20-7-6-17-11-14-33-23(17)15-20)29-13-10-19(26(29)32)3-1-5-21-9-8-18-4-2-12-27-25(18)28-21/h6-9,15,19,22,25,27-28H,1-5,10-14,16H2,(H,30,31)/t19-,22+,25?/m1/s1. The second-order valence-electron chi connectivity index (χ2n) is 9.56. The molecule has 33 heavy (non-hydrogen) atoms. The van der Waals surface area contributed by atoms with E-state index in [1.165, 1.54) is 17.7 Å². The highest BCUT2D eigenvalue weighted by Crippen LogP contribution is 2.36. The van der Waals surface area contributed by atoms with Gasteiger partial charge in [0, 0.05) is 24.6 Å². The Morgan fingerprint density at radius 2 is 2.18 bits per heavy atom. The molecule has 1 amide bonds. The Labute approximate surface area is 194 Å². The summed E-state index contributed by atoms with van der Waals surface area (Å²) in [6.45, 7) is 2.31. The summed E-state index contributed by atoms with van der Waals surface area (Å²) < 4.78 is 5.68. The highest BCUT2D eigenvalue weighted by atomic mass is 16.5. The summed E-state index contributed by atoms with van der Waals surface area (Å²) in [5, 5.41) is 16.6. The maximum atomic E-state index is 13.3. The zero-order chi connectivity index (χ0) is 22.8. The predicted octanol–water partition coefficient (Wildman–Crippen LogP) is 3.28. The summed E-state index contributed by atoms with van der Waals surface area (Å²) in [4.78, 5) is 26.7. The third-order valence-corrected chi connectivity index (χ3v) is 7.39. The van der Waals surface area contributed by atoms with E-state index in [2.05, 4.69) is 22.8 Å². The molecule has 3 N–H and O–H groups in total. The van der Waals surface area contributed by atoms with Gasteiger partial charge in [0.15, 0.2) is 0 Å². The first-order valence-electron chi connectivity index (χ1n) is 12.3. The van der Waals surface area contributed by atoms with Crippen molar-refractivity contribution in [3.8, 4) is 5.75 Å². The molecule has 4 heterocycles. The van der Waals surface area contributed by atoms with Gasteiger partial charge >= 0.3 is 5.97 Å². The molecule has 2 fully saturated rings. The maximum Gasteiger partial charge on any atom is 0.305 e. The number of carbonyl (C=O) groups is 2. The van der Waals surface area contributed by atoms with Crippen LogP contribution >= 0.6 is 0 Å². The first kappa shape index (κ1) is 22.0. The van der Waals surface area contributed by atoms with Crippen molar-refractivity contribution in [1.82, 2.24) is 15.5 Å². The molecule has 7 nitrogen and oxygen atoms in total. The Hall–Kier alpha value is -2.80. The third-order valence-electron chi connectivity index (χ3n) is 7.39. The van der Waals surface area contributed by atoms with Gasteiger partial charge in [-0.2, -0.15) is 0 Å². The SMILES string of the molecule is O=C(O)C[C@@H](c1ccc2c(c1)OCC2)N1CC[C@@H](CCCC2=CC=C3CCCNC3N2)C1=O. The van der Waals surface area contributed by atoms with Crippen LogP contribution in [-0.2, 0) is 16.0 Å². The molecule has 3 atom stereocenters. The van der Waals surface area contributed by atoms with Crippen LogP contribution in [-0.4, -0.2) is 47.7 Å². The van der Waals surface area contributed by atoms with Crippen molar-refractivity contribution in [3.05, 3.63) is 52.7 Å². The molecule has 0 bridgehead atoms. The highest BCUT2D eigenvalue weighted by molar-refractivity contribution is 5.82. The van der Waals surface area contributed by atoms with E-state index < -0.39 is 12.0 Å². The molecular weight excluding hydrogens is 418 g/mol. The number of piperidine rings is 1. The molecule has 0 aromatic heterocycles. The predicted molar refractivity (Wildman–Crippen MR) is 125 cm³/mol. The largest absolute Gasteiger partial charge is 0.493 e. The maximum absolute atomic E-state index is 13.3. The minimum Gasteiger partial charge on any atom is -0.493 e. The van der Waals surface area contributed by atoms with Gasteiger partial charge in [-0.05, 0) is 73.9 Å². The molecular formula is C26H33N3O4. The van der Waals surface area contributed by atoms with Crippen molar-refractivity contribution >= 4 is 11.9 Å². The molecule has 0 saturated carbocycles. The number of ether oxygens (including phenoxy) is 1. The van der Waals surface area contributed by atoms with Crippen LogP contribution in [0.2, 0.25) is 0 Å². The number of benzene rings is 1. The summed E-state index contributed by atoms with van der Waals surface area (Å²) >= 11 is 0. The van der Waals surface area contributed by atoms with E-state index in [0.29, 0.717) is 13.2 Å². The number of rotatable bonds is 8. The molecule has 4 aliphatic rings. The summed E-state index contributed by atoms with van der Waals surface area (Å²) in [6.07, 6.45) is 11.3. The van der Waals surface area contributed by atoms with E-state index in [4.69, 9.17) is 4.74 Å². The van der Waals surface area contributed by atoms with Gasteiger partial charge in [0.05, 0.1) is 25.2 Å². The molecule has 4 aliphatic heterocycles. The number of carboxylic acid groups (broad SMARTS) is 1. The van der Waals surface area contributed by atoms with Crippen molar-refractivity contribution in [2.45, 2.75) is 63.6 Å². The van der Waals surface area contributed by atoms with Crippen LogP contribution in [0.1, 0.15) is 62.1 Å². The quantitative estimate of drug-likeness (QED) is 0.562.